The maximum Gasteiger partial charge on any atom is 0.472 e. The van der Waals surface area contributed by atoms with Crippen LogP contribution in [0.25, 0.3) is 0 Å². The molecule has 10 heteroatoms. The zero-order valence-corrected chi connectivity index (χ0v) is 41.5. The maximum absolute atomic E-state index is 12.2. The van der Waals surface area contributed by atoms with Crippen molar-refractivity contribution in [1.29, 1.82) is 0 Å². The summed E-state index contributed by atoms with van der Waals surface area (Å²) in [5.41, 5.74) is 0. The Morgan fingerprint density at radius 3 is 1.32 bits per heavy atom. The Hall–Kier alpha value is -1.51. The zero-order chi connectivity index (χ0) is 45.3. The van der Waals surface area contributed by atoms with Gasteiger partial charge in [-0.05, 0) is 44.9 Å². The average Bonchev–Trinajstić information content (AvgIpc) is 3.26. The van der Waals surface area contributed by atoms with Crippen molar-refractivity contribution in [2.24, 2.45) is 0 Å². The fraction of sp³-hybridized carbons (Fsp3) is 0.885. The Morgan fingerprint density at radius 1 is 0.500 bits per heavy atom. The van der Waals surface area contributed by atoms with Crippen molar-refractivity contribution in [1.82, 2.24) is 5.32 Å². The van der Waals surface area contributed by atoms with Crippen molar-refractivity contribution in [3.05, 3.63) is 24.3 Å². The van der Waals surface area contributed by atoms with Crippen LogP contribution in [0.15, 0.2) is 24.3 Å². The first-order valence-corrected chi connectivity index (χ1v) is 27.8. The third-order valence-corrected chi connectivity index (χ3v) is 12.6. The highest BCUT2D eigenvalue weighted by atomic mass is 31.2. The first-order chi connectivity index (χ1) is 30.3. The number of phosphoric ester groups is 1. The molecule has 2 atom stereocenters. The molecule has 0 rings (SSSR count). The van der Waals surface area contributed by atoms with Gasteiger partial charge < -0.3 is 20.1 Å². The van der Waals surface area contributed by atoms with E-state index in [1.54, 1.807) is 0 Å². The van der Waals surface area contributed by atoms with Gasteiger partial charge in [0.15, 0.2) is 0 Å². The molecule has 0 aliphatic carbocycles. The van der Waals surface area contributed by atoms with E-state index in [9.17, 15) is 24.2 Å². The molecule has 0 fully saturated rings. The van der Waals surface area contributed by atoms with E-state index in [1.807, 2.05) is 0 Å². The van der Waals surface area contributed by atoms with E-state index in [-0.39, 0.29) is 32.1 Å². The van der Waals surface area contributed by atoms with E-state index < -0.39 is 26.5 Å². The molecule has 0 aromatic carbocycles. The molecule has 0 aliphatic rings. The molecular weight excluding hydrogens is 798 g/mol. The second-order valence-corrected chi connectivity index (χ2v) is 19.3. The second-order valence-electron chi connectivity index (χ2n) is 17.9. The van der Waals surface area contributed by atoms with Crippen molar-refractivity contribution in [3.63, 3.8) is 0 Å². The summed E-state index contributed by atoms with van der Waals surface area (Å²) in [7, 11) is -4.42. The number of amides is 1. The first-order valence-electron chi connectivity index (χ1n) is 26.3. The molecular formula is C52H100NO8P. The van der Waals surface area contributed by atoms with E-state index in [0.29, 0.717) is 6.42 Å². The molecule has 3 N–H and O–H groups in total. The number of hydrogen-bond donors (Lipinski definition) is 3. The fourth-order valence-corrected chi connectivity index (χ4v) is 8.41. The number of allylic oxidation sites excluding steroid dienone is 4. The highest BCUT2D eigenvalue weighted by Crippen LogP contribution is 2.42. The van der Waals surface area contributed by atoms with Crippen LogP contribution in [0.5, 0.6) is 0 Å². The first kappa shape index (κ1) is 60.5. The van der Waals surface area contributed by atoms with E-state index >= 15 is 0 Å². The van der Waals surface area contributed by atoms with Crippen LogP contribution < -0.4 is 5.32 Å². The van der Waals surface area contributed by atoms with Crippen LogP contribution in [0.3, 0.4) is 0 Å². The van der Waals surface area contributed by atoms with Crippen molar-refractivity contribution in [2.75, 3.05) is 26.4 Å². The number of carbonyl (C=O) groups is 2. The summed E-state index contributed by atoms with van der Waals surface area (Å²) in [5, 5.41) is 12.8. The van der Waals surface area contributed by atoms with Crippen LogP contribution in [-0.4, -0.2) is 54.3 Å². The highest BCUT2D eigenvalue weighted by molar-refractivity contribution is 7.47. The fourth-order valence-electron chi connectivity index (χ4n) is 7.65. The summed E-state index contributed by atoms with van der Waals surface area (Å²) in [6.07, 6.45) is 55.5. The lowest BCUT2D eigenvalue weighted by molar-refractivity contribution is -0.147. The summed E-state index contributed by atoms with van der Waals surface area (Å²) in [6.45, 7) is 3.58. The smallest absolute Gasteiger partial charge is 0.463 e. The minimum atomic E-state index is -4.42. The zero-order valence-electron chi connectivity index (χ0n) is 40.6. The molecule has 0 radical (unpaired) electrons. The van der Waals surface area contributed by atoms with Gasteiger partial charge in [-0.25, -0.2) is 4.57 Å². The van der Waals surface area contributed by atoms with Gasteiger partial charge >= 0.3 is 13.8 Å². The lowest BCUT2D eigenvalue weighted by Crippen LogP contribution is -2.27. The molecule has 366 valence electrons. The Morgan fingerprint density at radius 2 is 0.871 bits per heavy atom. The number of hydrogen-bond acceptors (Lipinski definition) is 7. The molecule has 9 nitrogen and oxygen atoms in total. The minimum Gasteiger partial charge on any atom is -0.463 e. The molecule has 0 saturated carbocycles. The summed E-state index contributed by atoms with van der Waals surface area (Å²) in [5.74, 6) is -0.505. The van der Waals surface area contributed by atoms with Gasteiger partial charge in [-0.3, -0.25) is 18.6 Å². The maximum atomic E-state index is 12.2. The minimum absolute atomic E-state index is 0.0863. The summed E-state index contributed by atoms with van der Waals surface area (Å²) in [4.78, 5) is 34.1. The number of aliphatic hydroxyl groups excluding tert-OH is 1. The molecule has 1 amide bonds. The average molecular weight is 898 g/mol. The molecule has 2 unspecified atom stereocenters. The van der Waals surface area contributed by atoms with Crippen molar-refractivity contribution < 1.29 is 37.9 Å². The number of carbonyl (C=O) groups excluding carboxylic acids is 2. The van der Waals surface area contributed by atoms with Gasteiger partial charge in [-0.2, -0.15) is 0 Å². The van der Waals surface area contributed by atoms with Crippen LogP contribution in [0.4, 0.5) is 0 Å². The highest BCUT2D eigenvalue weighted by Gasteiger charge is 2.23. The van der Waals surface area contributed by atoms with Crippen molar-refractivity contribution in [2.45, 2.75) is 270 Å². The van der Waals surface area contributed by atoms with E-state index in [1.165, 1.54) is 193 Å². The summed E-state index contributed by atoms with van der Waals surface area (Å²) in [6, 6.07) is 0. The SMILES string of the molecule is CCCCC/C=C\C/C=C\CCCCCCCCCCCCCCCC(=O)OCC(O)COP(=O)(O)OCCNC(=O)CCCCCCCCCCCCCCCCCCCC. The van der Waals surface area contributed by atoms with Crippen molar-refractivity contribution in [3.8, 4) is 0 Å². The number of phosphoric acid groups is 1. The van der Waals surface area contributed by atoms with Crippen LogP contribution in [-0.2, 0) is 27.9 Å². The monoisotopic (exact) mass is 898 g/mol. The van der Waals surface area contributed by atoms with Gasteiger partial charge in [0.25, 0.3) is 0 Å². The Bertz CT molecular complexity index is 1070. The van der Waals surface area contributed by atoms with Crippen LogP contribution in [0, 0.1) is 0 Å². The summed E-state index contributed by atoms with van der Waals surface area (Å²) < 4.78 is 27.0. The molecule has 0 aromatic rings. The third kappa shape index (κ3) is 49.5. The predicted octanol–water partition coefficient (Wildman–Crippen LogP) is 15.5. The van der Waals surface area contributed by atoms with Gasteiger partial charge in [0.05, 0.1) is 13.2 Å². The topological polar surface area (TPSA) is 131 Å². The molecule has 0 aliphatic heterocycles. The van der Waals surface area contributed by atoms with Gasteiger partial charge in [-0.1, -0.05) is 231 Å². The number of rotatable bonds is 50. The Labute approximate surface area is 382 Å². The Balaban J connectivity index is 3.52. The summed E-state index contributed by atoms with van der Waals surface area (Å²) >= 11 is 0. The molecule has 0 aromatic heterocycles. The molecule has 0 heterocycles. The number of aliphatic hydroxyl groups is 1. The van der Waals surface area contributed by atoms with Crippen molar-refractivity contribution >= 4 is 19.7 Å². The normalized spacial score (nSPS) is 13.3. The predicted molar refractivity (Wildman–Crippen MR) is 261 cm³/mol. The van der Waals surface area contributed by atoms with E-state index in [2.05, 4.69) is 43.5 Å². The number of nitrogens with one attached hydrogen (secondary N) is 1. The second kappa shape index (κ2) is 48.9. The van der Waals surface area contributed by atoms with Crippen LogP contribution in [0.1, 0.15) is 264 Å². The van der Waals surface area contributed by atoms with Crippen LogP contribution in [0.2, 0.25) is 0 Å². The Kier molecular flexibility index (Phi) is 47.7. The van der Waals surface area contributed by atoms with E-state index in [0.717, 1.165) is 44.9 Å². The lowest BCUT2D eigenvalue weighted by atomic mass is 10.0. The molecule has 0 saturated heterocycles. The van der Waals surface area contributed by atoms with Gasteiger partial charge in [0.2, 0.25) is 5.91 Å². The van der Waals surface area contributed by atoms with Gasteiger partial charge in [0, 0.05) is 19.4 Å². The largest absolute Gasteiger partial charge is 0.472 e. The standard InChI is InChI=1S/C52H100NO8P/c1-3-5-7-9-11-13-15-17-19-21-23-24-25-26-27-29-31-33-35-37-39-41-43-45-52(56)59-48-50(54)49-61-62(57,58)60-47-46-53-51(55)44-42-40-38-36-34-32-30-28-22-20-18-16-14-12-10-8-6-4-2/h11,13,17,19,50,54H,3-10,12,14-16,18,20-49H2,1-2H3,(H,53,55)(H,57,58)/b13-11-,19-17-. The number of ether oxygens (including phenoxy) is 1. The molecule has 0 spiro atoms. The number of unbranched alkanes of at least 4 members (excludes halogenated alkanes) is 33. The van der Waals surface area contributed by atoms with Gasteiger partial charge in [-0.15, -0.1) is 0 Å². The third-order valence-electron chi connectivity index (χ3n) is 11.6. The molecule has 62 heavy (non-hydrogen) atoms. The lowest BCUT2D eigenvalue weighted by Gasteiger charge is -2.15. The van der Waals surface area contributed by atoms with Crippen LogP contribution >= 0.6 is 7.82 Å². The number of esters is 1. The quantitative estimate of drug-likeness (QED) is 0.0238. The van der Waals surface area contributed by atoms with E-state index in [4.69, 9.17) is 13.8 Å². The molecule has 0 bridgehead atoms. The van der Waals surface area contributed by atoms with Gasteiger partial charge in [0.1, 0.15) is 12.7 Å².